The van der Waals surface area contributed by atoms with E-state index in [4.69, 9.17) is 9.47 Å². The lowest BCUT2D eigenvalue weighted by Crippen LogP contribution is -2.45. The Kier molecular flexibility index (Phi) is 4.34. The van der Waals surface area contributed by atoms with Crippen molar-refractivity contribution in [3.63, 3.8) is 0 Å². The molecule has 3 fully saturated rings. The van der Waals surface area contributed by atoms with Crippen LogP contribution in [0, 0.1) is 29.6 Å². The van der Waals surface area contributed by atoms with Gasteiger partial charge in [0.25, 0.3) is 0 Å². The van der Waals surface area contributed by atoms with Gasteiger partial charge in [-0.1, -0.05) is 13.8 Å². The summed E-state index contributed by atoms with van der Waals surface area (Å²) in [5, 5.41) is 2.79. The first-order valence-electron chi connectivity index (χ1n) is 8.53. The molecule has 3 aliphatic rings. The van der Waals surface area contributed by atoms with Crippen LogP contribution in [0.25, 0.3) is 0 Å². The van der Waals surface area contributed by atoms with Gasteiger partial charge in [0, 0.05) is 5.92 Å². The van der Waals surface area contributed by atoms with E-state index in [2.05, 4.69) is 19.2 Å². The summed E-state index contributed by atoms with van der Waals surface area (Å²) in [6, 6.07) is -0.704. The van der Waals surface area contributed by atoms with Crippen LogP contribution in [0.1, 0.15) is 40.0 Å². The van der Waals surface area contributed by atoms with Crippen molar-refractivity contribution < 1.29 is 23.9 Å². The number of amides is 1. The minimum Gasteiger partial charge on any atom is -0.462 e. The molecule has 6 nitrogen and oxygen atoms in total. The van der Waals surface area contributed by atoms with Gasteiger partial charge in [0.2, 0.25) is 5.91 Å². The molecule has 0 aromatic heterocycles. The predicted octanol–water partition coefficient (Wildman–Crippen LogP) is 1.28. The standard InChI is InChI=1S/C17H25NO5/c1-8-9(2)13-4-11(8)5-14(13)16(20)18-10(3)17(21)23-12-6-15(19)22-7-12/h8-14H,4-7H2,1-3H3,(H,18,20). The fourth-order valence-electron chi connectivity index (χ4n) is 4.45. The number of esters is 2. The van der Waals surface area contributed by atoms with E-state index in [1.807, 2.05) is 0 Å². The molecule has 1 saturated heterocycles. The summed E-state index contributed by atoms with van der Waals surface area (Å²) in [7, 11) is 0. The first-order chi connectivity index (χ1) is 10.9. The molecule has 2 bridgehead atoms. The van der Waals surface area contributed by atoms with E-state index in [1.165, 1.54) is 0 Å². The molecule has 23 heavy (non-hydrogen) atoms. The number of hydrogen-bond donors (Lipinski definition) is 1. The van der Waals surface area contributed by atoms with Crippen LogP contribution in [0.2, 0.25) is 0 Å². The second-order valence-corrected chi connectivity index (χ2v) is 7.40. The highest BCUT2D eigenvalue weighted by atomic mass is 16.6. The maximum Gasteiger partial charge on any atom is 0.328 e. The Balaban J connectivity index is 1.50. The van der Waals surface area contributed by atoms with E-state index in [-0.39, 0.29) is 30.8 Å². The number of ether oxygens (including phenoxy) is 2. The Morgan fingerprint density at radius 3 is 2.57 bits per heavy atom. The number of fused-ring (bicyclic) bond motifs is 2. The summed E-state index contributed by atoms with van der Waals surface area (Å²) in [6.07, 6.45) is 1.61. The Bertz CT molecular complexity index is 517. The fourth-order valence-corrected chi connectivity index (χ4v) is 4.45. The number of nitrogens with one attached hydrogen (secondary N) is 1. The highest BCUT2D eigenvalue weighted by Gasteiger charge is 2.51. The van der Waals surface area contributed by atoms with Crippen LogP contribution in [-0.2, 0) is 23.9 Å². The Hall–Kier alpha value is -1.59. The molecule has 1 heterocycles. The largest absolute Gasteiger partial charge is 0.462 e. The Labute approximate surface area is 136 Å². The van der Waals surface area contributed by atoms with Crippen LogP contribution < -0.4 is 5.32 Å². The quantitative estimate of drug-likeness (QED) is 0.788. The van der Waals surface area contributed by atoms with Crippen molar-refractivity contribution in [3.8, 4) is 0 Å². The van der Waals surface area contributed by atoms with Gasteiger partial charge in [0.15, 0.2) is 0 Å². The summed E-state index contributed by atoms with van der Waals surface area (Å²) in [5.74, 6) is 1.42. The monoisotopic (exact) mass is 323 g/mol. The van der Waals surface area contributed by atoms with Crippen LogP contribution in [0.15, 0.2) is 0 Å². The molecule has 2 saturated carbocycles. The molecule has 0 spiro atoms. The van der Waals surface area contributed by atoms with Gasteiger partial charge < -0.3 is 14.8 Å². The van der Waals surface area contributed by atoms with E-state index in [9.17, 15) is 14.4 Å². The van der Waals surface area contributed by atoms with Crippen LogP contribution >= 0.6 is 0 Å². The second-order valence-electron chi connectivity index (χ2n) is 7.40. The minimum atomic E-state index is -0.704. The van der Waals surface area contributed by atoms with Gasteiger partial charge in [0.1, 0.15) is 18.8 Å². The van der Waals surface area contributed by atoms with Crippen LogP contribution in [0.4, 0.5) is 0 Å². The minimum absolute atomic E-state index is 0.0119. The highest BCUT2D eigenvalue weighted by molar-refractivity contribution is 5.86. The van der Waals surface area contributed by atoms with Gasteiger partial charge in [-0.15, -0.1) is 0 Å². The van der Waals surface area contributed by atoms with Crippen molar-refractivity contribution in [1.29, 1.82) is 0 Å². The van der Waals surface area contributed by atoms with Crippen molar-refractivity contribution in [3.05, 3.63) is 0 Å². The van der Waals surface area contributed by atoms with Crippen molar-refractivity contribution in [2.45, 2.75) is 52.2 Å². The van der Waals surface area contributed by atoms with Crippen molar-refractivity contribution >= 4 is 17.8 Å². The topological polar surface area (TPSA) is 81.7 Å². The summed E-state index contributed by atoms with van der Waals surface area (Å²) in [4.78, 5) is 35.5. The van der Waals surface area contributed by atoms with Gasteiger partial charge in [-0.3, -0.25) is 9.59 Å². The maximum atomic E-state index is 12.5. The lowest BCUT2D eigenvalue weighted by atomic mass is 9.75. The van der Waals surface area contributed by atoms with Gasteiger partial charge in [0.05, 0.1) is 6.42 Å². The third-order valence-corrected chi connectivity index (χ3v) is 6.05. The fraction of sp³-hybridized carbons (Fsp3) is 0.824. The average molecular weight is 323 g/mol. The van der Waals surface area contributed by atoms with E-state index in [1.54, 1.807) is 6.92 Å². The van der Waals surface area contributed by atoms with Crippen molar-refractivity contribution in [1.82, 2.24) is 5.32 Å². The molecular weight excluding hydrogens is 298 g/mol. The Morgan fingerprint density at radius 1 is 1.26 bits per heavy atom. The maximum absolute atomic E-state index is 12.5. The van der Waals surface area contributed by atoms with Gasteiger partial charge in [-0.05, 0) is 43.4 Å². The van der Waals surface area contributed by atoms with Gasteiger partial charge in [-0.25, -0.2) is 4.79 Å². The second kappa shape index (κ2) is 6.13. The highest BCUT2D eigenvalue weighted by Crippen LogP contribution is 2.54. The van der Waals surface area contributed by atoms with E-state index < -0.39 is 18.1 Å². The first kappa shape index (κ1) is 16.3. The van der Waals surface area contributed by atoms with Crippen LogP contribution in [-0.4, -0.2) is 36.6 Å². The zero-order valence-electron chi connectivity index (χ0n) is 13.9. The molecule has 6 heteroatoms. The zero-order chi connectivity index (χ0) is 16.7. The molecule has 2 aliphatic carbocycles. The summed E-state index contributed by atoms with van der Waals surface area (Å²) in [5.41, 5.74) is 0. The van der Waals surface area contributed by atoms with E-state index >= 15 is 0 Å². The SMILES string of the molecule is CC(NC(=O)C1CC2CC1C(C)C2C)C(=O)OC1COC(=O)C1. The number of carbonyl (C=O) groups excluding carboxylic acids is 3. The molecule has 7 atom stereocenters. The first-order valence-corrected chi connectivity index (χ1v) is 8.53. The molecule has 0 radical (unpaired) electrons. The molecule has 1 amide bonds. The molecule has 7 unspecified atom stereocenters. The van der Waals surface area contributed by atoms with Crippen LogP contribution in [0.5, 0.6) is 0 Å². The molecule has 128 valence electrons. The summed E-state index contributed by atoms with van der Waals surface area (Å²) >= 11 is 0. The zero-order valence-corrected chi connectivity index (χ0v) is 13.9. The number of carbonyl (C=O) groups is 3. The van der Waals surface area contributed by atoms with Crippen molar-refractivity contribution in [2.75, 3.05) is 6.61 Å². The Morgan fingerprint density at radius 2 is 2.00 bits per heavy atom. The smallest absolute Gasteiger partial charge is 0.328 e. The van der Waals surface area contributed by atoms with E-state index in [0.717, 1.165) is 12.8 Å². The van der Waals surface area contributed by atoms with Crippen LogP contribution in [0.3, 0.4) is 0 Å². The predicted molar refractivity (Wildman–Crippen MR) is 81.1 cm³/mol. The number of rotatable bonds is 4. The van der Waals surface area contributed by atoms with Gasteiger partial charge >= 0.3 is 11.9 Å². The van der Waals surface area contributed by atoms with E-state index in [0.29, 0.717) is 23.7 Å². The summed E-state index contributed by atoms with van der Waals surface area (Å²) in [6.45, 7) is 6.22. The molecule has 3 rings (SSSR count). The molecule has 1 aliphatic heterocycles. The van der Waals surface area contributed by atoms with Crippen molar-refractivity contribution in [2.24, 2.45) is 29.6 Å². The lowest BCUT2D eigenvalue weighted by molar-refractivity contribution is -0.153. The molecule has 1 N–H and O–H groups in total. The average Bonchev–Trinajstić information content (AvgIpc) is 3.17. The number of cyclic esters (lactones) is 1. The third-order valence-electron chi connectivity index (χ3n) is 6.05. The lowest BCUT2D eigenvalue weighted by Gasteiger charge is -2.31. The third kappa shape index (κ3) is 3.08. The molecule has 0 aromatic carbocycles. The molecule has 0 aromatic rings. The van der Waals surface area contributed by atoms with Gasteiger partial charge in [-0.2, -0.15) is 0 Å². The number of hydrogen-bond acceptors (Lipinski definition) is 5. The normalized spacial score (nSPS) is 39.9. The molecular formula is C17H25NO5. The summed E-state index contributed by atoms with van der Waals surface area (Å²) < 4.78 is 9.97.